The zero-order valence-electron chi connectivity index (χ0n) is 10.8. The Morgan fingerprint density at radius 3 is 2.50 bits per heavy atom. The second-order valence-electron chi connectivity index (χ2n) is 4.29. The summed E-state index contributed by atoms with van der Waals surface area (Å²) in [6.45, 7) is 3.34. The van der Waals surface area contributed by atoms with Crippen molar-refractivity contribution in [2.75, 3.05) is 20.6 Å². The summed E-state index contributed by atoms with van der Waals surface area (Å²) in [4.78, 5) is 5.79. The highest BCUT2D eigenvalue weighted by atomic mass is 32.1. The fourth-order valence-corrected chi connectivity index (χ4v) is 2.63. The number of thiazole rings is 1. The average Bonchev–Trinajstić information content (AvgIpc) is 2.60. The van der Waals surface area contributed by atoms with E-state index >= 15 is 0 Å². The predicted molar refractivity (Wildman–Crippen MR) is 66.5 cm³/mol. The van der Waals surface area contributed by atoms with Crippen molar-refractivity contribution in [3.63, 3.8) is 0 Å². The Bertz CT molecular complexity index is 374. The fraction of sp³-hybridized carbons (Fsp3) is 0.727. The molecule has 0 bridgehead atoms. The van der Waals surface area contributed by atoms with Crippen molar-refractivity contribution in [2.45, 2.75) is 32.6 Å². The first-order valence-electron chi connectivity index (χ1n) is 5.75. The van der Waals surface area contributed by atoms with Gasteiger partial charge in [-0.1, -0.05) is 6.92 Å². The molecule has 0 radical (unpaired) electrons. The van der Waals surface area contributed by atoms with E-state index in [4.69, 9.17) is 0 Å². The van der Waals surface area contributed by atoms with Crippen LogP contribution in [0.1, 0.15) is 28.9 Å². The molecule has 0 aliphatic rings. The third kappa shape index (κ3) is 4.55. The number of rotatable bonds is 6. The van der Waals surface area contributed by atoms with Crippen molar-refractivity contribution < 1.29 is 13.2 Å². The maximum atomic E-state index is 12.8. The Labute approximate surface area is 109 Å². The summed E-state index contributed by atoms with van der Waals surface area (Å²) < 4.78 is 38.4. The SMILES string of the molecule is CCCNCc1sc(CN(C)C)nc1C(F)(F)F. The summed E-state index contributed by atoms with van der Waals surface area (Å²) in [7, 11) is 3.62. The van der Waals surface area contributed by atoms with Gasteiger partial charge in [-0.25, -0.2) is 4.98 Å². The number of nitrogens with zero attached hydrogens (tertiary/aromatic N) is 2. The molecular weight excluding hydrogens is 263 g/mol. The van der Waals surface area contributed by atoms with E-state index in [9.17, 15) is 13.2 Å². The summed E-state index contributed by atoms with van der Waals surface area (Å²) >= 11 is 1.13. The lowest BCUT2D eigenvalue weighted by molar-refractivity contribution is -0.141. The van der Waals surface area contributed by atoms with Crippen LogP contribution < -0.4 is 5.32 Å². The van der Waals surface area contributed by atoms with Gasteiger partial charge in [0.1, 0.15) is 5.01 Å². The van der Waals surface area contributed by atoms with Gasteiger partial charge in [0.15, 0.2) is 5.69 Å². The van der Waals surface area contributed by atoms with Gasteiger partial charge in [-0.2, -0.15) is 13.2 Å². The quantitative estimate of drug-likeness (QED) is 0.813. The average molecular weight is 281 g/mol. The first kappa shape index (κ1) is 15.4. The van der Waals surface area contributed by atoms with Crippen molar-refractivity contribution in [1.82, 2.24) is 15.2 Å². The largest absolute Gasteiger partial charge is 0.434 e. The van der Waals surface area contributed by atoms with Crippen LogP contribution in [-0.4, -0.2) is 30.5 Å². The zero-order valence-corrected chi connectivity index (χ0v) is 11.6. The van der Waals surface area contributed by atoms with Crippen LogP contribution in [0.2, 0.25) is 0 Å². The van der Waals surface area contributed by atoms with Crippen LogP contribution in [0.5, 0.6) is 0 Å². The molecule has 1 heterocycles. The highest BCUT2D eigenvalue weighted by Crippen LogP contribution is 2.34. The minimum absolute atomic E-state index is 0.230. The molecule has 0 saturated carbocycles. The molecule has 18 heavy (non-hydrogen) atoms. The van der Waals surface area contributed by atoms with Gasteiger partial charge in [0.05, 0.1) is 4.88 Å². The van der Waals surface area contributed by atoms with Gasteiger partial charge < -0.3 is 10.2 Å². The van der Waals surface area contributed by atoms with Gasteiger partial charge in [-0.3, -0.25) is 0 Å². The van der Waals surface area contributed by atoms with Gasteiger partial charge in [0, 0.05) is 13.1 Å². The molecule has 3 nitrogen and oxygen atoms in total. The Hall–Kier alpha value is -0.660. The lowest BCUT2D eigenvalue weighted by Gasteiger charge is -2.06. The molecule has 0 aliphatic heterocycles. The summed E-state index contributed by atoms with van der Waals surface area (Å²) in [5, 5.41) is 3.49. The van der Waals surface area contributed by atoms with Gasteiger partial charge in [-0.15, -0.1) is 11.3 Å². The number of hydrogen-bond donors (Lipinski definition) is 1. The monoisotopic (exact) mass is 281 g/mol. The first-order valence-corrected chi connectivity index (χ1v) is 6.57. The molecular formula is C11H18F3N3S. The van der Waals surface area contributed by atoms with Crippen molar-refractivity contribution in [3.05, 3.63) is 15.6 Å². The maximum absolute atomic E-state index is 12.8. The third-order valence-corrected chi connectivity index (χ3v) is 3.21. The highest BCUT2D eigenvalue weighted by molar-refractivity contribution is 7.11. The second kappa shape index (κ2) is 6.49. The molecule has 7 heteroatoms. The van der Waals surface area contributed by atoms with Crippen molar-refractivity contribution >= 4 is 11.3 Å². The molecule has 1 aromatic rings. The minimum atomic E-state index is -4.37. The van der Waals surface area contributed by atoms with Crippen LogP contribution in [0.3, 0.4) is 0 Å². The number of nitrogens with one attached hydrogen (secondary N) is 1. The van der Waals surface area contributed by atoms with E-state index in [1.807, 2.05) is 25.9 Å². The van der Waals surface area contributed by atoms with E-state index in [1.54, 1.807) is 0 Å². The molecule has 0 spiro atoms. The molecule has 0 aliphatic carbocycles. The Kier molecular flexibility index (Phi) is 5.55. The van der Waals surface area contributed by atoms with Gasteiger partial charge in [-0.05, 0) is 27.1 Å². The summed E-state index contributed by atoms with van der Waals surface area (Å²) in [6.07, 6.45) is -3.48. The molecule has 104 valence electrons. The standard InChI is InChI=1S/C11H18F3N3S/c1-4-5-15-6-8-10(11(12,13)14)16-9(18-8)7-17(2)3/h15H,4-7H2,1-3H3. The van der Waals surface area contributed by atoms with E-state index in [1.165, 1.54) is 0 Å². The highest BCUT2D eigenvalue weighted by Gasteiger charge is 2.37. The van der Waals surface area contributed by atoms with Crippen molar-refractivity contribution in [1.29, 1.82) is 0 Å². The molecule has 0 atom stereocenters. The topological polar surface area (TPSA) is 28.2 Å². The maximum Gasteiger partial charge on any atom is 0.434 e. The molecule has 0 saturated heterocycles. The minimum Gasteiger partial charge on any atom is -0.312 e. The van der Waals surface area contributed by atoms with Gasteiger partial charge in [0.25, 0.3) is 0 Å². The Morgan fingerprint density at radius 2 is 2.00 bits per heavy atom. The lowest BCUT2D eigenvalue weighted by atomic mass is 10.3. The van der Waals surface area contributed by atoms with E-state index in [2.05, 4.69) is 10.3 Å². The third-order valence-electron chi connectivity index (χ3n) is 2.17. The molecule has 1 rings (SSSR count). The molecule has 1 aromatic heterocycles. The van der Waals surface area contributed by atoms with E-state index in [0.717, 1.165) is 17.8 Å². The number of halogens is 3. The normalized spacial score (nSPS) is 12.4. The Morgan fingerprint density at radius 1 is 1.33 bits per heavy atom. The van der Waals surface area contributed by atoms with Crippen LogP contribution in [0.4, 0.5) is 13.2 Å². The zero-order chi connectivity index (χ0) is 13.8. The fourth-order valence-electron chi connectivity index (χ4n) is 1.46. The molecule has 0 aromatic carbocycles. The first-order chi connectivity index (χ1) is 8.34. The van der Waals surface area contributed by atoms with Crippen LogP contribution in [0.25, 0.3) is 0 Å². The molecule has 0 amide bonds. The number of alkyl halides is 3. The van der Waals surface area contributed by atoms with Crippen LogP contribution in [0, 0.1) is 0 Å². The number of aromatic nitrogens is 1. The summed E-state index contributed by atoms with van der Waals surface area (Å²) in [6, 6.07) is 0. The molecule has 0 unspecified atom stereocenters. The van der Waals surface area contributed by atoms with Gasteiger partial charge >= 0.3 is 6.18 Å². The Balaban J connectivity index is 2.87. The van der Waals surface area contributed by atoms with Crippen LogP contribution in [0.15, 0.2) is 0 Å². The van der Waals surface area contributed by atoms with Crippen LogP contribution in [-0.2, 0) is 19.3 Å². The second-order valence-corrected chi connectivity index (χ2v) is 5.46. The van der Waals surface area contributed by atoms with Crippen molar-refractivity contribution in [3.8, 4) is 0 Å². The van der Waals surface area contributed by atoms with Gasteiger partial charge in [0.2, 0.25) is 0 Å². The van der Waals surface area contributed by atoms with Crippen molar-refractivity contribution in [2.24, 2.45) is 0 Å². The number of hydrogen-bond acceptors (Lipinski definition) is 4. The van der Waals surface area contributed by atoms with E-state index < -0.39 is 11.9 Å². The predicted octanol–water partition coefficient (Wildman–Crippen LogP) is 2.72. The van der Waals surface area contributed by atoms with E-state index in [0.29, 0.717) is 18.1 Å². The summed E-state index contributed by atoms with van der Waals surface area (Å²) in [5.74, 6) is 0. The summed E-state index contributed by atoms with van der Waals surface area (Å²) in [5.41, 5.74) is -0.743. The van der Waals surface area contributed by atoms with E-state index in [-0.39, 0.29) is 11.4 Å². The van der Waals surface area contributed by atoms with Crippen LogP contribution >= 0.6 is 11.3 Å². The molecule has 0 fully saturated rings. The smallest absolute Gasteiger partial charge is 0.312 e. The molecule has 1 N–H and O–H groups in total. The lowest BCUT2D eigenvalue weighted by Crippen LogP contribution is -2.17.